The highest BCUT2D eigenvalue weighted by Crippen LogP contribution is 2.31. The monoisotopic (exact) mass is 270 g/mol. The fourth-order valence-electron chi connectivity index (χ4n) is 1.44. The van der Waals surface area contributed by atoms with Gasteiger partial charge in [0.15, 0.2) is 5.69 Å². The zero-order valence-corrected chi connectivity index (χ0v) is 10.4. The van der Waals surface area contributed by atoms with E-state index < -0.39 is 11.9 Å². The first-order chi connectivity index (χ1) is 7.86. The maximum Gasteiger partial charge on any atom is 0.434 e. The Morgan fingerprint density at radius 3 is 2.47 bits per heavy atom. The Morgan fingerprint density at radius 2 is 2.00 bits per heavy atom. The highest BCUT2D eigenvalue weighted by molar-refractivity contribution is 6.16. The first kappa shape index (κ1) is 14.2. The molecule has 0 aliphatic rings. The Hall–Kier alpha value is -0.820. The van der Waals surface area contributed by atoms with Crippen molar-refractivity contribution < 1.29 is 13.2 Å². The van der Waals surface area contributed by atoms with E-state index in [9.17, 15) is 13.2 Å². The smallest absolute Gasteiger partial charge is 0.309 e. The molecule has 8 heteroatoms. The van der Waals surface area contributed by atoms with Crippen molar-refractivity contribution in [3.63, 3.8) is 0 Å². The van der Waals surface area contributed by atoms with Gasteiger partial charge in [-0.1, -0.05) is 5.21 Å². The van der Waals surface area contributed by atoms with Crippen molar-refractivity contribution in [1.82, 2.24) is 19.9 Å². The summed E-state index contributed by atoms with van der Waals surface area (Å²) >= 11 is 5.41. The molecule has 0 saturated carbocycles. The number of nitrogens with zero attached hydrogens (tertiary/aromatic N) is 4. The highest BCUT2D eigenvalue weighted by Gasteiger charge is 2.38. The first-order valence-electron chi connectivity index (χ1n) is 5.06. The zero-order chi connectivity index (χ0) is 13.1. The van der Waals surface area contributed by atoms with Crippen LogP contribution < -0.4 is 0 Å². The first-order valence-corrected chi connectivity index (χ1v) is 5.60. The molecular weight excluding hydrogens is 257 g/mol. The maximum absolute atomic E-state index is 12.7. The molecule has 0 atom stereocenters. The van der Waals surface area contributed by atoms with Crippen LogP contribution in [0.3, 0.4) is 0 Å². The van der Waals surface area contributed by atoms with Crippen LogP contribution in [0.15, 0.2) is 0 Å². The summed E-state index contributed by atoms with van der Waals surface area (Å²) in [5.41, 5.74) is -1.06. The molecule has 0 radical (unpaired) electrons. The summed E-state index contributed by atoms with van der Waals surface area (Å²) in [4.78, 5) is 1.90. The van der Waals surface area contributed by atoms with Gasteiger partial charge in [0.1, 0.15) is 5.69 Å². The van der Waals surface area contributed by atoms with Gasteiger partial charge in [0.25, 0.3) is 0 Å². The lowest BCUT2D eigenvalue weighted by Crippen LogP contribution is -2.19. The number of hydrogen-bond donors (Lipinski definition) is 0. The minimum atomic E-state index is -4.47. The molecule has 0 aromatic carbocycles. The van der Waals surface area contributed by atoms with E-state index in [2.05, 4.69) is 10.3 Å². The number of aromatic nitrogens is 3. The van der Waals surface area contributed by atoms with E-state index in [1.165, 1.54) is 0 Å². The quantitative estimate of drug-likeness (QED) is 0.768. The molecule has 98 valence electrons. The molecule has 0 spiro atoms. The van der Waals surface area contributed by atoms with Crippen LogP contribution in [0.2, 0.25) is 0 Å². The molecule has 0 N–H and O–H groups in total. The Labute approximate surface area is 102 Å². The molecule has 0 bridgehead atoms. The summed E-state index contributed by atoms with van der Waals surface area (Å²) in [5, 5.41) is 6.94. The van der Waals surface area contributed by atoms with Gasteiger partial charge < -0.3 is 4.90 Å². The van der Waals surface area contributed by atoms with E-state index in [1.807, 2.05) is 19.0 Å². The fourth-order valence-corrected chi connectivity index (χ4v) is 1.62. The number of halogens is 4. The van der Waals surface area contributed by atoms with E-state index >= 15 is 0 Å². The molecule has 0 amide bonds. The van der Waals surface area contributed by atoms with Crippen LogP contribution in [0.4, 0.5) is 13.2 Å². The number of rotatable bonds is 5. The predicted octanol–water partition coefficient (Wildman–Crippen LogP) is 1.99. The minimum absolute atomic E-state index is 0.177. The second-order valence-electron chi connectivity index (χ2n) is 3.90. The Bertz CT molecular complexity index is 362. The summed E-state index contributed by atoms with van der Waals surface area (Å²) < 4.78 is 39.1. The van der Waals surface area contributed by atoms with Gasteiger partial charge in [-0.2, -0.15) is 13.2 Å². The fraction of sp³-hybridized carbons (Fsp3) is 0.778. The third-order valence-electron chi connectivity index (χ3n) is 2.18. The van der Waals surface area contributed by atoms with Crippen molar-refractivity contribution in [1.29, 1.82) is 0 Å². The maximum atomic E-state index is 12.7. The van der Waals surface area contributed by atoms with Gasteiger partial charge in [-0.3, -0.25) is 0 Å². The summed E-state index contributed by atoms with van der Waals surface area (Å²) in [6.07, 6.45) is -3.90. The van der Waals surface area contributed by atoms with Crippen molar-refractivity contribution in [3.8, 4) is 0 Å². The lowest BCUT2D eigenvalue weighted by molar-refractivity contribution is -0.144. The summed E-state index contributed by atoms with van der Waals surface area (Å²) in [7, 11) is 3.71. The van der Waals surface area contributed by atoms with Gasteiger partial charge in [0.05, 0.1) is 5.88 Å². The topological polar surface area (TPSA) is 34.0 Å². The van der Waals surface area contributed by atoms with Crippen LogP contribution in [0.1, 0.15) is 17.8 Å². The Morgan fingerprint density at radius 1 is 1.35 bits per heavy atom. The summed E-state index contributed by atoms with van der Waals surface area (Å²) in [5.74, 6) is -0.289. The molecule has 0 unspecified atom stereocenters. The SMILES string of the molecule is CN(C)CCCn1nnc(CCl)c1C(F)(F)F. The molecule has 0 saturated heterocycles. The van der Waals surface area contributed by atoms with Crippen LogP contribution in [0.5, 0.6) is 0 Å². The van der Waals surface area contributed by atoms with Crippen LogP contribution in [-0.2, 0) is 18.6 Å². The third-order valence-corrected chi connectivity index (χ3v) is 2.43. The highest BCUT2D eigenvalue weighted by atomic mass is 35.5. The van der Waals surface area contributed by atoms with Crippen LogP contribution in [0.25, 0.3) is 0 Å². The van der Waals surface area contributed by atoms with Crippen LogP contribution in [0, 0.1) is 0 Å². The van der Waals surface area contributed by atoms with Gasteiger partial charge in [-0.25, -0.2) is 4.68 Å². The van der Waals surface area contributed by atoms with E-state index in [0.29, 0.717) is 13.0 Å². The number of alkyl halides is 4. The lowest BCUT2D eigenvalue weighted by Gasteiger charge is -2.12. The van der Waals surface area contributed by atoms with Crippen molar-refractivity contribution in [3.05, 3.63) is 11.4 Å². The van der Waals surface area contributed by atoms with Gasteiger partial charge in [-0.15, -0.1) is 16.7 Å². The average molecular weight is 271 g/mol. The van der Waals surface area contributed by atoms with Crippen molar-refractivity contribution >= 4 is 11.6 Å². The van der Waals surface area contributed by atoms with E-state index in [4.69, 9.17) is 11.6 Å². The molecule has 1 heterocycles. The van der Waals surface area contributed by atoms with E-state index in [1.54, 1.807) is 0 Å². The number of aryl methyl sites for hydroxylation is 1. The van der Waals surface area contributed by atoms with E-state index in [-0.39, 0.29) is 18.1 Å². The lowest BCUT2D eigenvalue weighted by atomic mass is 10.3. The largest absolute Gasteiger partial charge is 0.434 e. The van der Waals surface area contributed by atoms with Gasteiger partial charge in [-0.05, 0) is 27.1 Å². The summed E-state index contributed by atoms with van der Waals surface area (Å²) in [6.45, 7) is 0.865. The molecule has 1 aromatic rings. The van der Waals surface area contributed by atoms with Gasteiger partial charge >= 0.3 is 6.18 Å². The van der Waals surface area contributed by atoms with E-state index in [0.717, 1.165) is 4.68 Å². The Kier molecular flexibility index (Phi) is 4.76. The average Bonchev–Trinajstić information content (AvgIpc) is 2.59. The molecule has 1 rings (SSSR count). The second kappa shape index (κ2) is 5.68. The molecular formula is C9H14ClF3N4. The predicted molar refractivity (Wildman–Crippen MR) is 57.8 cm³/mol. The van der Waals surface area contributed by atoms with Gasteiger partial charge in [0.2, 0.25) is 0 Å². The molecule has 0 aliphatic carbocycles. The van der Waals surface area contributed by atoms with Crippen molar-refractivity contribution in [2.24, 2.45) is 0 Å². The number of hydrogen-bond acceptors (Lipinski definition) is 3. The van der Waals surface area contributed by atoms with Gasteiger partial charge in [0, 0.05) is 6.54 Å². The normalized spacial score (nSPS) is 12.4. The van der Waals surface area contributed by atoms with Crippen LogP contribution in [-0.4, -0.2) is 40.5 Å². The summed E-state index contributed by atoms with van der Waals surface area (Å²) in [6, 6.07) is 0. The third kappa shape index (κ3) is 3.85. The minimum Gasteiger partial charge on any atom is -0.309 e. The molecule has 0 aliphatic heterocycles. The van der Waals surface area contributed by atoms with Crippen molar-refractivity contribution in [2.45, 2.75) is 25.0 Å². The second-order valence-corrected chi connectivity index (χ2v) is 4.16. The molecule has 1 aromatic heterocycles. The standard InChI is InChI=1S/C9H14ClF3N4/c1-16(2)4-3-5-17-8(9(11,12)13)7(6-10)14-15-17/h3-6H2,1-2H3. The molecule has 17 heavy (non-hydrogen) atoms. The molecule has 4 nitrogen and oxygen atoms in total. The Balaban J connectivity index is 2.82. The van der Waals surface area contributed by atoms with Crippen LogP contribution >= 0.6 is 11.6 Å². The zero-order valence-electron chi connectivity index (χ0n) is 9.63. The molecule has 0 fully saturated rings. The van der Waals surface area contributed by atoms with Crippen molar-refractivity contribution in [2.75, 3.05) is 20.6 Å².